The highest BCUT2D eigenvalue weighted by Gasteiger charge is 2.72. The lowest BCUT2D eigenvalue weighted by Gasteiger charge is -2.38. The van der Waals surface area contributed by atoms with Gasteiger partial charge in [-0.05, 0) is 99.0 Å². The van der Waals surface area contributed by atoms with Crippen molar-refractivity contribution in [2.45, 2.75) is 30.9 Å². The first-order valence-corrected chi connectivity index (χ1v) is 14.7. The number of benzene rings is 4. The van der Waals surface area contributed by atoms with E-state index in [0.29, 0.717) is 49.5 Å². The fourth-order valence-corrected chi connectivity index (χ4v) is 5.36. The molecule has 0 aliphatic heterocycles. The summed E-state index contributed by atoms with van der Waals surface area (Å²) in [6, 6.07) is 15.1. The summed E-state index contributed by atoms with van der Waals surface area (Å²) in [4.78, 5) is 29.6. The Kier molecular flexibility index (Phi) is 10.6. The number of nitrogens with one attached hydrogen (secondary N) is 2. The highest BCUT2D eigenvalue weighted by atomic mass is 19.4. The van der Waals surface area contributed by atoms with E-state index in [1.165, 1.54) is 24.3 Å². The quantitative estimate of drug-likeness (QED) is 0.104. The molecular weight excluding hydrogens is 654 g/mol. The first kappa shape index (κ1) is 36.8. The molecule has 49 heavy (non-hydrogen) atoms. The fourth-order valence-electron chi connectivity index (χ4n) is 5.36. The van der Waals surface area contributed by atoms with Crippen LogP contribution in [0, 0.1) is 0 Å². The largest absolute Gasteiger partial charge is 0.506 e. The Morgan fingerprint density at radius 1 is 0.571 bits per heavy atom. The van der Waals surface area contributed by atoms with Crippen LogP contribution in [-0.2, 0) is 18.5 Å². The summed E-state index contributed by atoms with van der Waals surface area (Å²) in [7, 11) is 7.33. The number of hydrogen-bond donors (Lipinski definition) is 4. The van der Waals surface area contributed by atoms with Crippen LogP contribution in [-0.4, -0.2) is 72.4 Å². The minimum Gasteiger partial charge on any atom is -0.506 e. The van der Waals surface area contributed by atoms with Gasteiger partial charge in [0, 0.05) is 24.2 Å². The Morgan fingerprint density at radius 2 is 0.898 bits per heavy atom. The van der Waals surface area contributed by atoms with E-state index < -0.39 is 63.6 Å². The van der Waals surface area contributed by atoms with Gasteiger partial charge in [0.15, 0.2) is 0 Å². The Labute approximate surface area is 278 Å². The maximum Gasteiger partial charge on any atom is 0.411 e. The summed E-state index contributed by atoms with van der Waals surface area (Å²) < 4.78 is 90.0. The molecule has 0 spiro atoms. The first-order valence-electron chi connectivity index (χ1n) is 14.7. The zero-order chi connectivity index (χ0) is 36.3. The van der Waals surface area contributed by atoms with Crippen LogP contribution < -0.4 is 10.6 Å². The average Bonchev–Trinajstić information content (AvgIpc) is 2.99. The molecule has 0 heterocycles. The highest BCUT2D eigenvalue weighted by molar-refractivity contribution is 6.05. The highest BCUT2D eigenvalue weighted by Crippen LogP contribution is 2.57. The minimum atomic E-state index is -6.05. The zero-order valence-electron chi connectivity index (χ0n) is 26.9. The van der Waals surface area contributed by atoms with Crippen molar-refractivity contribution in [1.29, 1.82) is 0 Å². The molecule has 0 unspecified atom stereocenters. The van der Waals surface area contributed by atoms with Crippen LogP contribution in [0.4, 0.5) is 37.7 Å². The monoisotopic (exact) mass is 688 g/mol. The number of carbonyl (C=O) groups is 2. The topological polar surface area (TPSA) is 105 Å². The molecule has 0 aliphatic rings. The van der Waals surface area contributed by atoms with E-state index in [2.05, 4.69) is 10.6 Å². The maximum atomic E-state index is 15.0. The molecule has 0 bridgehead atoms. The number of halogens is 6. The van der Waals surface area contributed by atoms with Gasteiger partial charge >= 0.3 is 12.4 Å². The molecule has 0 aromatic heterocycles. The average molecular weight is 689 g/mol. The number of phenols is 2. The van der Waals surface area contributed by atoms with Crippen LogP contribution in [0.3, 0.4) is 0 Å². The molecular formula is C35H34F6N4O4. The van der Waals surface area contributed by atoms with Gasteiger partial charge in [0.2, 0.25) is 5.41 Å². The molecule has 4 aromatic carbocycles. The number of carbonyl (C=O) groups excluding carboxylic acids is 2. The van der Waals surface area contributed by atoms with Crippen molar-refractivity contribution < 1.29 is 46.1 Å². The Bertz CT molecular complexity index is 1670. The van der Waals surface area contributed by atoms with Crippen LogP contribution >= 0.6 is 0 Å². The van der Waals surface area contributed by atoms with Crippen molar-refractivity contribution in [3.8, 4) is 11.5 Å². The molecule has 8 nitrogen and oxygen atoms in total. The fraction of sp³-hybridized carbons (Fsp3) is 0.257. The summed E-state index contributed by atoms with van der Waals surface area (Å²) in [5.41, 5.74) is -7.16. The van der Waals surface area contributed by atoms with E-state index >= 15 is 0 Å². The third kappa shape index (κ3) is 7.98. The van der Waals surface area contributed by atoms with E-state index in [9.17, 15) is 46.1 Å². The lowest BCUT2D eigenvalue weighted by molar-refractivity contribution is -0.288. The summed E-state index contributed by atoms with van der Waals surface area (Å²) in [5, 5.41) is 25.2. The Balaban J connectivity index is 1.75. The lowest BCUT2D eigenvalue weighted by atomic mass is 9.72. The molecule has 4 rings (SSSR count). The van der Waals surface area contributed by atoms with Crippen LogP contribution in [0.25, 0.3) is 0 Å². The standard InChI is InChI=1S/C35H34F6N4O4/c1-44(2)19-21-5-9-23(10-6-21)31(48)42-27-17-25(13-15-29(27)46)33(34(36,37)38,35(39,40)41)26-14-16-30(47)28(18-26)43-32(49)24-11-7-22(8-12-24)20-45(3)4/h5-18,46-47H,19-20H2,1-4H3,(H,42,48)(H,43,49). The van der Waals surface area contributed by atoms with Gasteiger partial charge in [0.05, 0.1) is 11.4 Å². The molecule has 260 valence electrons. The Hall–Kier alpha value is -5.08. The summed E-state index contributed by atoms with van der Waals surface area (Å²) in [5.74, 6) is -3.35. The molecule has 0 fully saturated rings. The number of hydrogen-bond acceptors (Lipinski definition) is 6. The molecule has 0 saturated heterocycles. The van der Waals surface area contributed by atoms with Gasteiger partial charge < -0.3 is 30.6 Å². The molecule has 4 aromatic rings. The second kappa shape index (κ2) is 14.2. The number of anilines is 2. The summed E-state index contributed by atoms with van der Waals surface area (Å²) in [6.45, 7) is 1.10. The third-order valence-electron chi connectivity index (χ3n) is 7.64. The van der Waals surface area contributed by atoms with Crippen molar-refractivity contribution >= 4 is 23.2 Å². The van der Waals surface area contributed by atoms with E-state index in [-0.39, 0.29) is 11.1 Å². The van der Waals surface area contributed by atoms with Gasteiger partial charge in [-0.3, -0.25) is 9.59 Å². The zero-order valence-corrected chi connectivity index (χ0v) is 26.9. The summed E-state index contributed by atoms with van der Waals surface area (Å²) in [6.07, 6.45) is -12.1. The van der Waals surface area contributed by atoms with Crippen molar-refractivity contribution in [1.82, 2.24) is 9.80 Å². The molecule has 14 heteroatoms. The van der Waals surface area contributed by atoms with Crippen LogP contribution in [0.15, 0.2) is 84.9 Å². The number of phenolic OH excluding ortho intramolecular Hbond substituents is 2. The molecule has 0 radical (unpaired) electrons. The number of alkyl halides is 6. The molecule has 4 N–H and O–H groups in total. The number of rotatable bonds is 10. The van der Waals surface area contributed by atoms with Crippen LogP contribution in [0.1, 0.15) is 43.0 Å². The van der Waals surface area contributed by atoms with Crippen molar-refractivity contribution in [2.24, 2.45) is 0 Å². The normalized spacial score (nSPS) is 12.3. The van der Waals surface area contributed by atoms with Gasteiger partial charge in [0.1, 0.15) is 11.5 Å². The van der Waals surface area contributed by atoms with Gasteiger partial charge in [-0.1, -0.05) is 36.4 Å². The predicted octanol–water partition coefficient (Wildman–Crippen LogP) is 7.14. The predicted molar refractivity (Wildman–Crippen MR) is 173 cm³/mol. The molecule has 0 aliphatic carbocycles. The lowest BCUT2D eigenvalue weighted by Crippen LogP contribution is -2.54. The van der Waals surface area contributed by atoms with Gasteiger partial charge in [-0.2, -0.15) is 26.3 Å². The second-order valence-electron chi connectivity index (χ2n) is 12.0. The number of nitrogens with zero attached hydrogens (tertiary/aromatic N) is 2. The number of amides is 2. The van der Waals surface area contributed by atoms with Gasteiger partial charge in [-0.25, -0.2) is 0 Å². The minimum absolute atomic E-state index is 0.0384. The van der Waals surface area contributed by atoms with E-state index in [4.69, 9.17) is 0 Å². The van der Waals surface area contributed by atoms with E-state index in [1.807, 2.05) is 38.0 Å². The van der Waals surface area contributed by atoms with Gasteiger partial charge in [-0.15, -0.1) is 0 Å². The van der Waals surface area contributed by atoms with Crippen molar-refractivity contribution in [3.63, 3.8) is 0 Å². The molecule has 0 atom stereocenters. The van der Waals surface area contributed by atoms with Crippen molar-refractivity contribution in [2.75, 3.05) is 38.8 Å². The molecule has 2 amide bonds. The summed E-state index contributed by atoms with van der Waals surface area (Å²) >= 11 is 0. The van der Waals surface area contributed by atoms with E-state index in [1.54, 1.807) is 24.3 Å². The second-order valence-corrected chi connectivity index (χ2v) is 12.0. The van der Waals surface area contributed by atoms with Crippen LogP contribution in [0.5, 0.6) is 11.5 Å². The first-order chi connectivity index (χ1) is 22.8. The van der Waals surface area contributed by atoms with Crippen LogP contribution in [0.2, 0.25) is 0 Å². The number of aromatic hydroxyl groups is 2. The Morgan fingerprint density at radius 3 is 1.18 bits per heavy atom. The van der Waals surface area contributed by atoms with Gasteiger partial charge in [0.25, 0.3) is 11.8 Å². The van der Waals surface area contributed by atoms with Crippen molar-refractivity contribution in [3.05, 3.63) is 118 Å². The third-order valence-corrected chi connectivity index (χ3v) is 7.64. The maximum absolute atomic E-state index is 15.0. The molecule has 0 saturated carbocycles. The SMILES string of the molecule is CN(C)Cc1ccc(C(=O)Nc2cc(C(c3ccc(O)c(NC(=O)c4ccc(CN(C)C)cc4)c3)(C(F)(F)F)C(F)(F)F)ccc2O)cc1. The smallest absolute Gasteiger partial charge is 0.411 e. The van der Waals surface area contributed by atoms with E-state index in [0.717, 1.165) is 11.1 Å².